The number of nitro groups is 1. The van der Waals surface area contributed by atoms with Gasteiger partial charge in [-0.15, -0.1) is 0 Å². The first kappa shape index (κ1) is 14.3. The maximum atomic E-state index is 11.1. The minimum atomic E-state index is -2.76. The second-order valence-corrected chi connectivity index (χ2v) is 4.65. The van der Waals surface area contributed by atoms with E-state index in [0.29, 0.717) is 0 Å². The molecule has 0 aromatic heterocycles. The summed E-state index contributed by atoms with van der Waals surface area (Å²) < 4.78 is 12.6. The molecule has 0 bridgehead atoms. The molecule has 1 aromatic rings. The fourth-order valence-corrected chi connectivity index (χ4v) is 2.24. The molecular weight excluding hydrogens is 286 g/mol. The molecule has 0 amide bonds. The quantitative estimate of drug-likeness (QED) is 0.324. The van der Waals surface area contributed by atoms with Crippen molar-refractivity contribution in [1.82, 2.24) is 0 Å². The Morgan fingerprint density at radius 1 is 1.38 bits per heavy atom. The number of para-hydroxylation sites is 1. The summed E-state index contributed by atoms with van der Waals surface area (Å²) in [4.78, 5) is 10.2. The second-order valence-electron chi connectivity index (χ2n) is 4.65. The summed E-state index contributed by atoms with van der Waals surface area (Å²) in [5.41, 5.74) is -1.37. The van der Waals surface area contributed by atoms with E-state index in [1.807, 2.05) is 0 Å². The van der Waals surface area contributed by atoms with Crippen molar-refractivity contribution in [1.29, 1.82) is 0 Å². The first-order valence-electron chi connectivity index (χ1n) is 6.53. The van der Waals surface area contributed by atoms with E-state index >= 15 is 0 Å². The average Bonchev–Trinajstić information content (AvgIpc) is 2.48. The van der Waals surface area contributed by atoms with Crippen LogP contribution in [0.4, 0.5) is 5.69 Å². The Bertz CT molecular complexity index is 582. The van der Waals surface area contributed by atoms with Crippen LogP contribution < -0.4 is 0 Å². The van der Waals surface area contributed by atoms with Crippen molar-refractivity contribution in [2.45, 2.75) is 30.2 Å². The summed E-state index contributed by atoms with van der Waals surface area (Å²) in [6.45, 7) is -0.804. The van der Waals surface area contributed by atoms with E-state index in [1.54, 1.807) is 0 Å². The lowest BCUT2D eigenvalue weighted by Crippen LogP contribution is -2.63. The van der Waals surface area contributed by atoms with E-state index in [-0.39, 0.29) is 0 Å². The lowest BCUT2D eigenvalue weighted by molar-refractivity contribution is -0.396. The van der Waals surface area contributed by atoms with Gasteiger partial charge in [-0.25, -0.2) is 0 Å². The fraction of sp³-hybridized carbons (Fsp3) is 0.500. The van der Waals surface area contributed by atoms with Crippen molar-refractivity contribution in [2.24, 2.45) is 0 Å². The highest BCUT2D eigenvalue weighted by molar-refractivity contribution is 5.43. The number of aliphatic hydroxyl groups is 5. The number of hydrogen-bond donors (Lipinski definition) is 5. The van der Waals surface area contributed by atoms with Crippen LogP contribution in [0.1, 0.15) is 6.93 Å². The molecule has 21 heavy (non-hydrogen) atoms. The fourth-order valence-electron chi connectivity index (χ4n) is 2.24. The number of ether oxygens (including phenoxy) is 1. The molecule has 0 radical (unpaired) electrons. The predicted octanol–water partition coefficient (Wildman–Crippen LogP) is -1.79. The molecule has 5 atom stereocenters. The summed E-state index contributed by atoms with van der Waals surface area (Å²) in [5.74, 6) is -2.76. The van der Waals surface area contributed by atoms with E-state index in [4.69, 9.17) is 11.2 Å². The van der Waals surface area contributed by atoms with E-state index in [0.717, 1.165) is 12.1 Å². The third-order valence-corrected chi connectivity index (χ3v) is 3.37. The van der Waals surface area contributed by atoms with Crippen molar-refractivity contribution in [3.8, 4) is 0 Å². The number of benzene rings is 1. The Balaban J connectivity index is 2.59. The largest absolute Gasteiger partial charge is 0.394 e. The third kappa shape index (κ3) is 2.50. The van der Waals surface area contributed by atoms with E-state index in [1.165, 1.54) is 6.07 Å². The standard InChI is InChI=1S/C12H15NO8/c14-5-8-9(15)10(16)11(17)12(18,21-8)6-3-1-2-4-7(6)13(19)20/h1-4,8-11,14-18H,5H2/t8-,9+,10+,11-,12?/m1/s1/i4D. The summed E-state index contributed by atoms with van der Waals surface area (Å²) in [7, 11) is 0. The van der Waals surface area contributed by atoms with Gasteiger partial charge in [0.05, 0.1) is 18.5 Å². The zero-order chi connectivity index (χ0) is 16.7. The number of rotatable bonds is 3. The Hall–Kier alpha value is -1.62. The zero-order valence-electron chi connectivity index (χ0n) is 11.7. The Kier molecular flexibility index (Phi) is 3.85. The van der Waals surface area contributed by atoms with Crippen LogP contribution in [-0.2, 0) is 10.5 Å². The monoisotopic (exact) mass is 302 g/mol. The molecule has 0 aliphatic carbocycles. The van der Waals surface area contributed by atoms with Crippen LogP contribution in [0.2, 0.25) is 0 Å². The Morgan fingerprint density at radius 3 is 2.62 bits per heavy atom. The van der Waals surface area contributed by atoms with Gasteiger partial charge < -0.3 is 30.3 Å². The van der Waals surface area contributed by atoms with Gasteiger partial charge in [0.15, 0.2) is 0 Å². The number of nitrogens with zero attached hydrogens (tertiary/aromatic N) is 1. The minimum absolute atomic E-state index is 0.534. The SMILES string of the molecule is [2H]c1cccc(C2(O)O[C@H](CO)[C@H](O)[C@H](O)[C@H]2O)c1[N+](=O)[O-]. The van der Waals surface area contributed by atoms with Gasteiger partial charge in [0.2, 0.25) is 5.79 Å². The molecule has 9 nitrogen and oxygen atoms in total. The van der Waals surface area contributed by atoms with Crippen LogP contribution in [0.25, 0.3) is 0 Å². The molecule has 0 spiro atoms. The molecule has 1 fully saturated rings. The summed E-state index contributed by atoms with van der Waals surface area (Å²) in [6, 6.07) is 2.85. The van der Waals surface area contributed by atoms with Crippen LogP contribution in [-0.4, -0.2) is 61.5 Å². The molecule has 1 heterocycles. The van der Waals surface area contributed by atoms with Gasteiger partial charge in [-0.05, 0) is 6.07 Å². The van der Waals surface area contributed by atoms with Crippen LogP contribution in [0.5, 0.6) is 0 Å². The number of aliphatic hydroxyl groups excluding tert-OH is 4. The van der Waals surface area contributed by atoms with Crippen LogP contribution in [0, 0.1) is 10.1 Å². The van der Waals surface area contributed by atoms with E-state index in [2.05, 4.69) is 0 Å². The number of hydrogen-bond acceptors (Lipinski definition) is 8. The van der Waals surface area contributed by atoms with Crippen LogP contribution >= 0.6 is 0 Å². The van der Waals surface area contributed by atoms with Crippen molar-refractivity contribution < 1.29 is 36.6 Å². The molecule has 9 heteroatoms. The first-order chi connectivity index (χ1) is 10.2. The third-order valence-electron chi connectivity index (χ3n) is 3.37. The van der Waals surface area contributed by atoms with Crippen molar-refractivity contribution in [2.75, 3.05) is 6.61 Å². The minimum Gasteiger partial charge on any atom is -0.394 e. The molecule has 1 saturated heterocycles. The summed E-state index contributed by atoms with van der Waals surface area (Å²) in [6.07, 6.45) is -7.20. The molecule has 0 saturated carbocycles. The topological polar surface area (TPSA) is 154 Å². The van der Waals surface area contributed by atoms with Crippen molar-refractivity contribution in [3.63, 3.8) is 0 Å². The van der Waals surface area contributed by atoms with Gasteiger partial charge in [-0.1, -0.05) is 12.1 Å². The normalized spacial score (nSPS) is 37.1. The lowest BCUT2D eigenvalue weighted by Gasteiger charge is -2.45. The average molecular weight is 302 g/mol. The Labute approximate surface area is 120 Å². The van der Waals surface area contributed by atoms with Gasteiger partial charge in [-0.2, -0.15) is 0 Å². The molecule has 1 aromatic carbocycles. The molecule has 1 aliphatic rings. The molecular formula is C12H15NO8. The molecule has 116 valence electrons. The maximum Gasteiger partial charge on any atom is 0.278 e. The van der Waals surface area contributed by atoms with Gasteiger partial charge in [0, 0.05) is 6.04 Å². The van der Waals surface area contributed by atoms with Gasteiger partial charge in [-0.3, -0.25) is 10.1 Å². The highest BCUT2D eigenvalue weighted by Crippen LogP contribution is 2.39. The molecule has 1 aliphatic heterocycles. The van der Waals surface area contributed by atoms with Crippen molar-refractivity contribution >= 4 is 5.69 Å². The first-order valence-corrected chi connectivity index (χ1v) is 6.03. The van der Waals surface area contributed by atoms with E-state index in [9.17, 15) is 30.5 Å². The van der Waals surface area contributed by atoms with Gasteiger partial charge in [0.25, 0.3) is 5.69 Å². The highest BCUT2D eigenvalue weighted by Gasteiger charge is 2.55. The molecule has 2 rings (SSSR count). The Morgan fingerprint density at radius 2 is 2.05 bits per heavy atom. The molecule has 1 unspecified atom stereocenters. The smallest absolute Gasteiger partial charge is 0.278 e. The summed E-state index contributed by atoms with van der Waals surface area (Å²) >= 11 is 0. The molecule has 5 N–H and O–H groups in total. The van der Waals surface area contributed by atoms with Gasteiger partial charge in [0.1, 0.15) is 24.4 Å². The lowest BCUT2D eigenvalue weighted by atomic mass is 9.87. The van der Waals surface area contributed by atoms with Crippen LogP contribution in [0.3, 0.4) is 0 Å². The van der Waals surface area contributed by atoms with Crippen molar-refractivity contribution in [3.05, 3.63) is 39.9 Å². The zero-order valence-corrected chi connectivity index (χ0v) is 10.7. The van der Waals surface area contributed by atoms with Crippen LogP contribution in [0.15, 0.2) is 24.2 Å². The van der Waals surface area contributed by atoms with Gasteiger partial charge >= 0.3 is 0 Å². The maximum absolute atomic E-state index is 11.1. The van der Waals surface area contributed by atoms with E-state index < -0.39 is 59.0 Å². The summed E-state index contributed by atoms with van der Waals surface area (Å²) in [5, 5.41) is 60.1. The number of nitro benzene ring substituents is 1. The second kappa shape index (κ2) is 5.64. The predicted molar refractivity (Wildman–Crippen MR) is 67.0 cm³/mol. The highest BCUT2D eigenvalue weighted by atomic mass is 16.7.